The predicted molar refractivity (Wildman–Crippen MR) is 73.5 cm³/mol. The summed E-state index contributed by atoms with van der Waals surface area (Å²) < 4.78 is 10.5. The van der Waals surface area contributed by atoms with E-state index in [1.165, 1.54) is 0 Å². The Kier molecular flexibility index (Phi) is 5.03. The van der Waals surface area contributed by atoms with Gasteiger partial charge in [-0.1, -0.05) is 12.1 Å². The van der Waals surface area contributed by atoms with Crippen molar-refractivity contribution in [1.82, 2.24) is 5.32 Å². The molecule has 1 amide bonds. The number of carbonyl (C=O) groups is 1. The maximum absolute atomic E-state index is 11.8. The molecule has 1 aromatic carbocycles. The summed E-state index contributed by atoms with van der Waals surface area (Å²) in [6, 6.07) is 7.79. The number of nitrogens with one attached hydrogen (secondary N) is 2. The molecular weight excluding hydrogens is 244 g/mol. The topological polar surface area (TPSA) is 59.6 Å². The second-order valence-corrected chi connectivity index (χ2v) is 4.51. The molecule has 0 atom stereocenters. The van der Waals surface area contributed by atoms with E-state index in [1.807, 2.05) is 24.3 Å². The first-order chi connectivity index (χ1) is 9.29. The lowest BCUT2D eigenvalue weighted by Crippen LogP contribution is -2.41. The van der Waals surface area contributed by atoms with E-state index in [1.54, 1.807) is 7.11 Å². The van der Waals surface area contributed by atoms with Crippen LogP contribution in [0.2, 0.25) is 0 Å². The third-order valence-electron chi connectivity index (χ3n) is 3.13. The van der Waals surface area contributed by atoms with Gasteiger partial charge in [-0.2, -0.15) is 0 Å². The van der Waals surface area contributed by atoms with Crippen molar-refractivity contribution in [3.63, 3.8) is 0 Å². The van der Waals surface area contributed by atoms with Gasteiger partial charge in [0.05, 0.1) is 19.3 Å². The molecule has 104 valence electrons. The Morgan fingerprint density at radius 3 is 2.84 bits per heavy atom. The molecule has 0 aliphatic carbocycles. The average Bonchev–Trinajstić information content (AvgIpc) is 2.46. The highest BCUT2D eigenvalue weighted by atomic mass is 16.5. The zero-order valence-corrected chi connectivity index (χ0v) is 11.1. The Morgan fingerprint density at radius 1 is 1.37 bits per heavy atom. The molecule has 19 heavy (non-hydrogen) atoms. The summed E-state index contributed by atoms with van der Waals surface area (Å²) in [5, 5.41) is 6.09. The number of benzene rings is 1. The van der Waals surface area contributed by atoms with E-state index in [9.17, 15) is 4.79 Å². The van der Waals surface area contributed by atoms with Crippen LogP contribution in [0.25, 0.3) is 0 Å². The van der Waals surface area contributed by atoms with Crippen LogP contribution in [0.1, 0.15) is 12.8 Å². The first-order valence-corrected chi connectivity index (χ1v) is 6.53. The molecule has 2 N–H and O–H groups in total. The number of hydrogen-bond acceptors (Lipinski definition) is 4. The van der Waals surface area contributed by atoms with Gasteiger partial charge in [-0.25, -0.2) is 0 Å². The highest BCUT2D eigenvalue weighted by molar-refractivity contribution is 5.81. The molecular formula is C14H20N2O3. The molecule has 1 aromatic rings. The average molecular weight is 264 g/mol. The molecule has 0 spiro atoms. The molecule has 0 aromatic heterocycles. The van der Waals surface area contributed by atoms with Gasteiger partial charge >= 0.3 is 0 Å². The maximum Gasteiger partial charge on any atom is 0.239 e. The van der Waals surface area contributed by atoms with Crippen LogP contribution in [-0.4, -0.2) is 38.8 Å². The quantitative estimate of drug-likeness (QED) is 0.844. The van der Waals surface area contributed by atoms with Crippen LogP contribution in [0, 0.1) is 0 Å². The standard InChI is InChI=1S/C14H20N2O3/c1-18-13-5-3-2-4-12(13)15-10-14(17)16-11-6-8-19-9-7-11/h2-5,11,15H,6-10H2,1H3,(H,16,17). The third kappa shape index (κ3) is 4.13. The molecule has 1 heterocycles. The van der Waals surface area contributed by atoms with E-state index in [0.717, 1.165) is 37.5 Å². The van der Waals surface area contributed by atoms with E-state index >= 15 is 0 Å². The molecule has 0 saturated carbocycles. The molecule has 1 aliphatic rings. The molecule has 1 fully saturated rings. The summed E-state index contributed by atoms with van der Waals surface area (Å²) in [5.74, 6) is 0.735. The molecule has 5 heteroatoms. The molecule has 0 radical (unpaired) electrons. The van der Waals surface area contributed by atoms with Gasteiger partial charge in [0.1, 0.15) is 5.75 Å². The summed E-state index contributed by atoms with van der Waals surface area (Å²) in [6.45, 7) is 1.70. The van der Waals surface area contributed by atoms with Crippen LogP contribution >= 0.6 is 0 Å². The number of methoxy groups -OCH3 is 1. The minimum absolute atomic E-state index is 0.00203. The number of anilines is 1. The Labute approximate surface area is 113 Å². The molecule has 1 aliphatic heterocycles. The zero-order chi connectivity index (χ0) is 13.5. The number of amides is 1. The van der Waals surface area contributed by atoms with Crippen molar-refractivity contribution in [3.05, 3.63) is 24.3 Å². The Morgan fingerprint density at radius 2 is 2.11 bits per heavy atom. The fraction of sp³-hybridized carbons (Fsp3) is 0.500. The number of carbonyl (C=O) groups excluding carboxylic acids is 1. The zero-order valence-electron chi connectivity index (χ0n) is 11.1. The fourth-order valence-corrected chi connectivity index (χ4v) is 2.09. The van der Waals surface area contributed by atoms with Crippen molar-refractivity contribution in [2.45, 2.75) is 18.9 Å². The monoisotopic (exact) mass is 264 g/mol. The van der Waals surface area contributed by atoms with Gasteiger partial charge in [-0.3, -0.25) is 4.79 Å². The van der Waals surface area contributed by atoms with Crippen molar-refractivity contribution < 1.29 is 14.3 Å². The first kappa shape index (κ1) is 13.7. The lowest BCUT2D eigenvalue weighted by atomic mass is 10.1. The highest BCUT2D eigenvalue weighted by Gasteiger charge is 2.15. The molecule has 0 bridgehead atoms. The lowest BCUT2D eigenvalue weighted by molar-refractivity contribution is -0.120. The number of rotatable bonds is 5. The van der Waals surface area contributed by atoms with Gasteiger partial charge < -0.3 is 20.1 Å². The van der Waals surface area contributed by atoms with E-state index in [2.05, 4.69) is 10.6 Å². The number of ether oxygens (including phenoxy) is 2. The van der Waals surface area contributed by atoms with Crippen molar-refractivity contribution in [1.29, 1.82) is 0 Å². The van der Waals surface area contributed by atoms with Crippen LogP contribution in [0.3, 0.4) is 0 Å². The second-order valence-electron chi connectivity index (χ2n) is 4.51. The minimum Gasteiger partial charge on any atom is -0.495 e. The largest absolute Gasteiger partial charge is 0.495 e. The normalized spacial score (nSPS) is 15.8. The SMILES string of the molecule is COc1ccccc1NCC(=O)NC1CCOCC1. The number of para-hydroxylation sites is 2. The molecule has 0 unspecified atom stereocenters. The van der Waals surface area contributed by atoms with Gasteiger partial charge in [-0.05, 0) is 25.0 Å². The van der Waals surface area contributed by atoms with Crippen LogP contribution in [0.15, 0.2) is 24.3 Å². The van der Waals surface area contributed by atoms with Crippen molar-refractivity contribution in [2.75, 3.05) is 32.2 Å². The van der Waals surface area contributed by atoms with Gasteiger partial charge in [0, 0.05) is 19.3 Å². The van der Waals surface area contributed by atoms with Crippen molar-refractivity contribution in [3.8, 4) is 5.75 Å². The Balaban J connectivity index is 1.79. The van der Waals surface area contributed by atoms with E-state index in [0.29, 0.717) is 0 Å². The van der Waals surface area contributed by atoms with Crippen molar-refractivity contribution >= 4 is 11.6 Å². The Bertz CT molecular complexity index is 417. The van der Waals surface area contributed by atoms with Crippen LogP contribution in [-0.2, 0) is 9.53 Å². The fourth-order valence-electron chi connectivity index (χ4n) is 2.09. The van der Waals surface area contributed by atoms with Gasteiger partial charge in [0.2, 0.25) is 5.91 Å². The summed E-state index contributed by atoms with van der Waals surface area (Å²) >= 11 is 0. The minimum atomic E-state index is -0.00203. The van der Waals surface area contributed by atoms with E-state index in [4.69, 9.17) is 9.47 Å². The highest BCUT2D eigenvalue weighted by Crippen LogP contribution is 2.22. The van der Waals surface area contributed by atoms with Crippen LogP contribution in [0.5, 0.6) is 5.75 Å². The van der Waals surface area contributed by atoms with E-state index in [-0.39, 0.29) is 18.5 Å². The molecule has 1 saturated heterocycles. The predicted octanol–water partition coefficient (Wildman–Crippen LogP) is 1.40. The van der Waals surface area contributed by atoms with Gasteiger partial charge in [0.25, 0.3) is 0 Å². The number of hydrogen-bond donors (Lipinski definition) is 2. The van der Waals surface area contributed by atoms with Gasteiger partial charge in [-0.15, -0.1) is 0 Å². The van der Waals surface area contributed by atoms with Crippen LogP contribution in [0.4, 0.5) is 5.69 Å². The van der Waals surface area contributed by atoms with Crippen LogP contribution < -0.4 is 15.4 Å². The molecule has 5 nitrogen and oxygen atoms in total. The smallest absolute Gasteiger partial charge is 0.239 e. The Hall–Kier alpha value is -1.75. The van der Waals surface area contributed by atoms with Gasteiger partial charge in [0.15, 0.2) is 0 Å². The molecule has 2 rings (SSSR count). The summed E-state index contributed by atoms with van der Waals surface area (Å²) in [4.78, 5) is 11.8. The summed E-state index contributed by atoms with van der Waals surface area (Å²) in [6.07, 6.45) is 1.78. The van der Waals surface area contributed by atoms with Crippen molar-refractivity contribution in [2.24, 2.45) is 0 Å². The first-order valence-electron chi connectivity index (χ1n) is 6.53. The summed E-state index contributed by atoms with van der Waals surface area (Å²) in [7, 11) is 1.61. The maximum atomic E-state index is 11.8. The lowest BCUT2D eigenvalue weighted by Gasteiger charge is -2.23. The summed E-state index contributed by atoms with van der Waals surface area (Å²) in [5.41, 5.74) is 0.826. The second kappa shape index (κ2) is 6.99. The van der Waals surface area contributed by atoms with E-state index < -0.39 is 0 Å². The third-order valence-corrected chi connectivity index (χ3v) is 3.13.